The molecule has 2 N–H and O–H groups in total. The van der Waals surface area contributed by atoms with Gasteiger partial charge in [0.25, 0.3) is 0 Å². The average molecular weight is 99.9 g/mol. The van der Waals surface area contributed by atoms with Crippen molar-refractivity contribution < 1.29 is 66.5 Å². The molecule has 0 saturated heterocycles. The van der Waals surface area contributed by atoms with Crippen molar-refractivity contribution >= 4 is 7.32 Å². The molecule has 0 spiro atoms. The summed E-state index contributed by atoms with van der Waals surface area (Å²) in [6.07, 6.45) is 0. The maximum Gasteiger partial charge on any atom is 1.00 e. The molecule has 0 bridgehead atoms. The zero-order chi connectivity index (χ0) is 3.58. The van der Waals surface area contributed by atoms with Gasteiger partial charge < -0.3 is 15.1 Å². The van der Waals surface area contributed by atoms with Crippen LogP contribution in [0.15, 0.2) is 0 Å². The van der Waals surface area contributed by atoms with Crippen molar-refractivity contribution in [3.8, 4) is 0 Å². The molecule has 5 heavy (non-hydrogen) atoms. The van der Waals surface area contributed by atoms with E-state index in [-0.39, 0.29) is 51.4 Å². The molecule has 24 valence electrons. The Bertz CT molecular complexity index is 11.6. The van der Waals surface area contributed by atoms with Gasteiger partial charge >= 0.3 is 58.7 Å². The first kappa shape index (κ1) is 9.77. The molecule has 0 unspecified atom stereocenters. The smallest absolute Gasteiger partial charge is 0.832 e. The first-order valence-electron chi connectivity index (χ1n) is 0.752. The van der Waals surface area contributed by atoms with Crippen LogP contribution in [0.5, 0.6) is 0 Å². The zero-order valence-corrected chi connectivity index (χ0v) is 6.00. The molecule has 0 aromatic heterocycles. The van der Waals surface area contributed by atoms with Gasteiger partial charge in [0.05, 0.1) is 0 Å². The molecule has 0 aliphatic rings. The Morgan fingerprint density at radius 1 is 1.40 bits per heavy atom. The number of rotatable bonds is 0. The maximum absolute atomic E-state index is 8.64. The van der Waals surface area contributed by atoms with Crippen LogP contribution in [0.25, 0.3) is 0 Å². The predicted octanol–water partition coefficient (Wildman–Crippen LogP) is -5.68. The van der Waals surface area contributed by atoms with Crippen LogP contribution in [0.1, 0.15) is 0 Å². The van der Waals surface area contributed by atoms with E-state index in [1.54, 1.807) is 0 Å². The van der Waals surface area contributed by atoms with E-state index in [0.717, 1.165) is 0 Å². The van der Waals surface area contributed by atoms with Gasteiger partial charge in [-0.25, -0.2) is 0 Å². The van der Waals surface area contributed by atoms with Crippen LogP contribution in [0, 0.1) is 0 Å². The van der Waals surface area contributed by atoms with Crippen LogP contribution in [-0.2, 0) is 0 Å². The topological polar surface area (TPSA) is 63.5 Å². The summed E-state index contributed by atoms with van der Waals surface area (Å²) in [5.74, 6) is 0. The van der Waals surface area contributed by atoms with Crippen molar-refractivity contribution in [3.05, 3.63) is 0 Å². The molecule has 0 aromatic rings. The van der Waals surface area contributed by atoms with Crippen molar-refractivity contribution in [3.63, 3.8) is 0 Å². The summed E-state index contributed by atoms with van der Waals surface area (Å²) < 4.78 is 0. The SMILES string of the molecule is [K+].[O-]B(O)O. The zero-order valence-electron chi connectivity index (χ0n) is 2.88. The molecule has 0 fully saturated rings. The van der Waals surface area contributed by atoms with Crippen molar-refractivity contribution in [2.75, 3.05) is 0 Å². The third kappa shape index (κ3) is 28.6. The van der Waals surface area contributed by atoms with Crippen LogP contribution >= 0.6 is 0 Å². The summed E-state index contributed by atoms with van der Waals surface area (Å²) in [5, 5.41) is 22.8. The van der Waals surface area contributed by atoms with E-state index < -0.39 is 7.32 Å². The number of hydrogen-bond acceptors (Lipinski definition) is 3. The minimum Gasteiger partial charge on any atom is -0.832 e. The maximum atomic E-state index is 8.64. The molecule has 5 heteroatoms. The monoisotopic (exact) mass is 100.0 g/mol. The van der Waals surface area contributed by atoms with Gasteiger partial charge in [0.15, 0.2) is 0 Å². The van der Waals surface area contributed by atoms with Crippen LogP contribution < -0.4 is 56.4 Å². The standard InChI is InChI=1S/BH2O3.K/c2-1(3)4;/h2-3H;/q-1;+1. The van der Waals surface area contributed by atoms with E-state index in [0.29, 0.717) is 0 Å². The van der Waals surface area contributed by atoms with E-state index in [1.807, 2.05) is 0 Å². The Morgan fingerprint density at radius 3 is 1.40 bits per heavy atom. The second kappa shape index (κ2) is 5.58. The van der Waals surface area contributed by atoms with Gasteiger partial charge in [0, 0.05) is 0 Å². The van der Waals surface area contributed by atoms with Crippen LogP contribution in [0.2, 0.25) is 0 Å². The molecule has 0 aliphatic carbocycles. The first-order valence-corrected chi connectivity index (χ1v) is 0.752. The Hall–Kier alpha value is 1.58. The second-order valence-corrected chi connectivity index (χ2v) is 0.326. The molecule has 0 atom stereocenters. The van der Waals surface area contributed by atoms with E-state index in [4.69, 9.17) is 15.1 Å². The average Bonchev–Trinajstić information content (AvgIpc) is 0.811. The van der Waals surface area contributed by atoms with Gasteiger partial charge in [-0.05, 0) is 0 Å². The third-order valence-corrected chi connectivity index (χ3v) is 0. The summed E-state index contributed by atoms with van der Waals surface area (Å²) in [6, 6.07) is 0. The van der Waals surface area contributed by atoms with Gasteiger partial charge in [-0.1, -0.05) is 0 Å². The van der Waals surface area contributed by atoms with E-state index in [1.165, 1.54) is 0 Å². The quantitative estimate of drug-likeness (QED) is 0.298. The number of hydrogen-bond donors (Lipinski definition) is 2. The molecule has 0 saturated carbocycles. The van der Waals surface area contributed by atoms with E-state index in [2.05, 4.69) is 0 Å². The Morgan fingerprint density at radius 2 is 1.40 bits per heavy atom. The summed E-state index contributed by atoms with van der Waals surface area (Å²) in [5.41, 5.74) is 0. The van der Waals surface area contributed by atoms with Crippen LogP contribution in [0.3, 0.4) is 0 Å². The summed E-state index contributed by atoms with van der Waals surface area (Å²) in [7, 11) is -2.42. The van der Waals surface area contributed by atoms with E-state index >= 15 is 0 Å². The molecular weight excluding hydrogens is 97.9 g/mol. The molecule has 0 amide bonds. The second-order valence-electron chi connectivity index (χ2n) is 0.326. The molecule has 0 heterocycles. The van der Waals surface area contributed by atoms with Gasteiger partial charge in [0.1, 0.15) is 0 Å². The van der Waals surface area contributed by atoms with E-state index in [9.17, 15) is 0 Å². The molecule has 3 nitrogen and oxygen atoms in total. The Labute approximate surface area is 72.6 Å². The fourth-order valence-corrected chi connectivity index (χ4v) is 0. The molecule has 0 rings (SSSR count). The first-order chi connectivity index (χ1) is 1.73. The van der Waals surface area contributed by atoms with Crippen LogP contribution in [0.4, 0.5) is 0 Å². The minimum atomic E-state index is -2.42. The summed E-state index contributed by atoms with van der Waals surface area (Å²) in [6.45, 7) is 0. The van der Waals surface area contributed by atoms with Gasteiger partial charge in [-0.3, -0.25) is 0 Å². The molecule has 0 aromatic carbocycles. The van der Waals surface area contributed by atoms with Crippen molar-refractivity contribution in [2.24, 2.45) is 0 Å². The normalized spacial score (nSPS) is 5.40. The summed E-state index contributed by atoms with van der Waals surface area (Å²) in [4.78, 5) is 0. The van der Waals surface area contributed by atoms with Gasteiger partial charge in [0.2, 0.25) is 0 Å². The largest absolute Gasteiger partial charge is 1.00 e. The molecule has 0 radical (unpaired) electrons. The minimum absolute atomic E-state index is 0. The van der Waals surface area contributed by atoms with Crippen LogP contribution in [-0.4, -0.2) is 17.4 Å². The van der Waals surface area contributed by atoms with Gasteiger partial charge in [-0.2, -0.15) is 0 Å². The van der Waals surface area contributed by atoms with Crippen molar-refractivity contribution in [2.45, 2.75) is 0 Å². The summed E-state index contributed by atoms with van der Waals surface area (Å²) >= 11 is 0. The molecule has 0 aliphatic heterocycles. The third-order valence-electron chi connectivity index (χ3n) is 0. The molecular formula is H2BKO3. The van der Waals surface area contributed by atoms with Gasteiger partial charge in [-0.15, -0.1) is 0 Å². The Kier molecular flexibility index (Phi) is 10.9. The predicted molar refractivity (Wildman–Crippen MR) is 10.2 cm³/mol. The van der Waals surface area contributed by atoms with Crippen molar-refractivity contribution in [1.29, 1.82) is 0 Å². The fraction of sp³-hybridized carbons (Fsp3) is 0. The fourth-order valence-electron chi connectivity index (χ4n) is 0. The van der Waals surface area contributed by atoms with Crippen molar-refractivity contribution in [1.82, 2.24) is 0 Å². The Balaban J connectivity index is 0.